The van der Waals surface area contributed by atoms with Gasteiger partial charge in [-0.15, -0.1) is 0 Å². The fraction of sp³-hybridized carbons (Fsp3) is 0.429. The molecule has 10 nitrogen and oxygen atoms in total. The molecular weight excluding hydrogens is 621 g/mol. The summed E-state index contributed by atoms with van der Waals surface area (Å²) in [6.45, 7) is 7.15. The average molecular weight is 660 g/mol. The number of anilines is 1. The maximum Gasteiger partial charge on any atom is 0.271 e. The highest BCUT2D eigenvalue weighted by Crippen LogP contribution is 2.58. The van der Waals surface area contributed by atoms with Crippen molar-refractivity contribution in [2.75, 3.05) is 64.3 Å². The molecule has 0 radical (unpaired) electrons. The third-order valence-electron chi connectivity index (χ3n) is 10.3. The second-order valence-corrected chi connectivity index (χ2v) is 14.9. The van der Waals surface area contributed by atoms with Gasteiger partial charge in [-0.3, -0.25) is 14.6 Å². The Labute approximate surface area is 274 Å². The van der Waals surface area contributed by atoms with Gasteiger partial charge in [0.2, 0.25) is 0 Å². The molecule has 0 aliphatic carbocycles. The number of fused-ring (bicyclic) bond motifs is 1. The van der Waals surface area contributed by atoms with Crippen LogP contribution >= 0.6 is 0 Å². The molecule has 0 N–H and O–H groups in total. The predicted octanol–water partition coefficient (Wildman–Crippen LogP) is 3.80. The highest BCUT2D eigenvalue weighted by atomic mass is 32.2. The van der Waals surface area contributed by atoms with Gasteiger partial charge in [0.15, 0.2) is 17.0 Å². The van der Waals surface area contributed by atoms with Crippen LogP contribution in [0.25, 0.3) is 0 Å². The number of carbonyl (C=O) groups is 1. The third kappa shape index (κ3) is 4.82. The van der Waals surface area contributed by atoms with Gasteiger partial charge in [-0.1, -0.05) is 12.1 Å². The number of carbonyl (C=O) groups excluding carboxylic acids is 1. The smallest absolute Gasteiger partial charge is 0.271 e. The van der Waals surface area contributed by atoms with Gasteiger partial charge in [0.05, 0.1) is 35.9 Å². The lowest BCUT2D eigenvalue weighted by molar-refractivity contribution is -0.170. The van der Waals surface area contributed by atoms with Gasteiger partial charge in [0.1, 0.15) is 5.82 Å². The van der Waals surface area contributed by atoms with E-state index >= 15 is 4.79 Å². The number of hydrogen-bond donors (Lipinski definition) is 0. The molecule has 1 atom stereocenters. The van der Waals surface area contributed by atoms with Gasteiger partial charge in [0.25, 0.3) is 15.9 Å². The van der Waals surface area contributed by atoms with Crippen LogP contribution in [0.5, 0.6) is 11.5 Å². The summed E-state index contributed by atoms with van der Waals surface area (Å²) < 4.78 is 55.2. The lowest BCUT2D eigenvalue weighted by Gasteiger charge is -2.65. The summed E-state index contributed by atoms with van der Waals surface area (Å²) in [6, 6.07) is 17.0. The summed E-state index contributed by atoms with van der Waals surface area (Å²) >= 11 is 0. The second kappa shape index (κ2) is 11.6. The molecule has 3 aromatic rings. The first-order chi connectivity index (χ1) is 22.6. The number of nitrogens with zero attached hydrogens (tertiary/aromatic N) is 5. The highest BCUT2D eigenvalue weighted by molar-refractivity contribution is 7.93. The van der Waals surface area contributed by atoms with E-state index in [0.717, 1.165) is 67.6 Å². The number of para-hydroxylation sites is 1. The van der Waals surface area contributed by atoms with Crippen LogP contribution in [0.1, 0.15) is 36.5 Å². The molecule has 3 aromatic carbocycles. The Morgan fingerprint density at radius 3 is 2.34 bits per heavy atom. The summed E-state index contributed by atoms with van der Waals surface area (Å²) in [5.74, 6) is -0.560. The van der Waals surface area contributed by atoms with Gasteiger partial charge in [0, 0.05) is 48.8 Å². The first-order valence-corrected chi connectivity index (χ1v) is 17.4. The SMILES string of the molecule is CCOc1c(OC)cccc1[C@]1(N2CC3(CN(C4CCN(C)CC4)C3)C2)C(=O)N(S(=O)(=O)c2ccc(F)cc2)c2ccc(C#N)cc21. The molecule has 12 heteroatoms. The second-order valence-electron chi connectivity index (χ2n) is 13.1. The molecule has 7 rings (SSSR count). The highest BCUT2D eigenvalue weighted by Gasteiger charge is 2.67. The molecule has 0 saturated carbocycles. The maximum absolute atomic E-state index is 15.3. The Bertz CT molecular complexity index is 1860. The van der Waals surface area contributed by atoms with Crippen molar-refractivity contribution >= 4 is 21.6 Å². The molecule has 4 aliphatic heterocycles. The van der Waals surface area contributed by atoms with Crippen molar-refractivity contribution < 1.29 is 27.1 Å². The number of methoxy groups -OCH3 is 1. The van der Waals surface area contributed by atoms with Crippen LogP contribution in [-0.4, -0.2) is 95.1 Å². The Morgan fingerprint density at radius 1 is 1.00 bits per heavy atom. The number of likely N-dealkylation sites (tertiary alicyclic amines) is 3. The summed E-state index contributed by atoms with van der Waals surface area (Å²) in [6.07, 6.45) is 2.25. The number of hydrogen-bond acceptors (Lipinski definition) is 9. The van der Waals surface area contributed by atoms with E-state index in [1.54, 1.807) is 24.3 Å². The lowest BCUT2D eigenvalue weighted by Crippen LogP contribution is -2.77. The third-order valence-corrected chi connectivity index (χ3v) is 12.0. The van der Waals surface area contributed by atoms with E-state index in [1.807, 2.05) is 11.8 Å². The van der Waals surface area contributed by atoms with E-state index in [2.05, 4.69) is 22.9 Å². The van der Waals surface area contributed by atoms with Crippen LogP contribution in [0, 0.1) is 22.6 Å². The first-order valence-electron chi connectivity index (χ1n) is 16.0. The fourth-order valence-corrected chi connectivity index (χ4v) is 9.48. The fourth-order valence-electron chi connectivity index (χ4n) is 8.02. The normalized spacial score (nSPS) is 23.2. The monoisotopic (exact) mass is 659 g/mol. The van der Waals surface area contributed by atoms with Crippen LogP contribution in [0.4, 0.5) is 10.1 Å². The zero-order valence-electron chi connectivity index (χ0n) is 26.8. The van der Waals surface area contributed by atoms with Gasteiger partial charge in [-0.05, 0) is 88.4 Å². The van der Waals surface area contributed by atoms with Gasteiger partial charge in [-0.25, -0.2) is 17.1 Å². The van der Waals surface area contributed by atoms with Crippen LogP contribution in [0.15, 0.2) is 65.6 Å². The molecule has 3 saturated heterocycles. The quantitative estimate of drug-likeness (QED) is 0.357. The molecular formula is C35H38FN5O5S. The van der Waals surface area contributed by atoms with Gasteiger partial charge in [-0.2, -0.15) is 5.26 Å². The van der Waals surface area contributed by atoms with E-state index in [1.165, 1.54) is 19.2 Å². The number of halogens is 1. The minimum Gasteiger partial charge on any atom is -0.493 e. The molecule has 246 valence electrons. The van der Waals surface area contributed by atoms with Gasteiger partial charge < -0.3 is 14.4 Å². The zero-order chi connectivity index (χ0) is 33.1. The van der Waals surface area contributed by atoms with Crippen LogP contribution in [-0.2, 0) is 20.4 Å². The van der Waals surface area contributed by atoms with Crippen molar-refractivity contribution in [1.82, 2.24) is 14.7 Å². The molecule has 0 aromatic heterocycles. The van der Waals surface area contributed by atoms with Crippen molar-refractivity contribution in [2.24, 2.45) is 5.41 Å². The summed E-state index contributed by atoms with van der Waals surface area (Å²) in [4.78, 5) is 22.0. The number of amides is 1. The molecule has 1 spiro atoms. The minimum absolute atomic E-state index is 0.0441. The summed E-state index contributed by atoms with van der Waals surface area (Å²) in [5, 5.41) is 9.97. The van der Waals surface area contributed by atoms with E-state index in [4.69, 9.17) is 9.47 Å². The largest absolute Gasteiger partial charge is 0.493 e. The molecule has 1 amide bonds. The minimum atomic E-state index is -4.50. The predicted molar refractivity (Wildman–Crippen MR) is 173 cm³/mol. The molecule has 4 aliphatic rings. The number of nitriles is 1. The standard InChI is InChI=1S/C35H38FN5O5S/c1-4-46-32-28(6-5-7-31(32)45-3)35(40-22-34(23-40)20-39(21-34)26-14-16-38(2)17-15-26)29-18-24(19-37)8-13-30(29)41(33(35)42)47(43,44)27-11-9-25(36)10-12-27/h5-13,18,26H,4,14-17,20-23H2,1-3H3/t35-/m1/s1. The number of rotatable bonds is 8. The maximum atomic E-state index is 15.3. The Balaban J connectivity index is 1.36. The number of benzene rings is 3. The summed E-state index contributed by atoms with van der Waals surface area (Å²) in [5.41, 5.74) is -0.437. The first kappa shape index (κ1) is 31.6. The van der Waals surface area contributed by atoms with Crippen molar-refractivity contribution in [3.63, 3.8) is 0 Å². The number of sulfonamides is 1. The molecule has 4 heterocycles. The topological polar surface area (TPSA) is 106 Å². The van der Waals surface area contributed by atoms with Crippen molar-refractivity contribution in [3.05, 3.63) is 83.2 Å². The summed E-state index contributed by atoms with van der Waals surface area (Å²) in [7, 11) is -0.831. The van der Waals surface area contributed by atoms with Gasteiger partial charge >= 0.3 is 0 Å². The molecule has 0 bridgehead atoms. The molecule has 47 heavy (non-hydrogen) atoms. The van der Waals surface area contributed by atoms with Crippen LogP contribution in [0.2, 0.25) is 0 Å². The van der Waals surface area contributed by atoms with Crippen molar-refractivity contribution in [2.45, 2.75) is 36.2 Å². The van der Waals surface area contributed by atoms with E-state index in [9.17, 15) is 18.1 Å². The lowest BCUT2D eigenvalue weighted by atomic mass is 9.67. The number of ether oxygens (including phenoxy) is 2. The van der Waals surface area contributed by atoms with Crippen molar-refractivity contribution in [3.8, 4) is 17.6 Å². The van der Waals surface area contributed by atoms with E-state index in [-0.39, 0.29) is 28.2 Å². The van der Waals surface area contributed by atoms with Crippen LogP contribution in [0.3, 0.4) is 0 Å². The average Bonchev–Trinajstić information content (AvgIpc) is 3.29. The van der Waals surface area contributed by atoms with Crippen LogP contribution < -0.4 is 13.8 Å². The Hall–Kier alpha value is -4.02. The molecule has 3 fully saturated rings. The Morgan fingerprint density at radius 2 is 1.70 bits per heavy atom. The van der Waals surface area contributed by atoms with E-state index in [0.29, 0.717) is 41.8 Å². The van der Waals surface area contributed by atoms with E-state index < -0.39 is 27.3 Å². The molecule has 0 unspecified atom stereocenters. The number of piperidine rings is 1. The Kier molecular flexibility index (Phi) is 7.79. The zero-order valence-corrected chi connectivity index (χ0v) is 27.6. The van der Waals surface area contributed by atoms with Crippen molar-refractivity contribution in [1.29, 1.82) is 5.26 Å².